The molecule has 0 spiro atoms. The van der Waals surface area contributed by atoms with Crippen LogP contribution in [0.4, 0.5) is 10.1 Å². The van der Waals surface area contributed by atoms with Gasteiger partial charge in [-0.25, -0.2) is 12.8 Å². The third-order valence-corrected chi connectivity index (χ3v) is 4.84. The summed E-state index contributed by atoms with van der Waals surface area (Å²) in [5, 5.41) is 3.15. The van der Waals surface area contributed by atoms with Crippen LogP contribution in [0.1, 0.15) is 12.5 Å². The highest BCUT2D eigenvalue weighted by molar-refractivity contribution is 7.91. The molecule has 0 radical (unpaired) electrons. The van der Waals surface area contributed by atoms with E-state index in [1.165, 1.54) is 12.1 Å². The van der Waals surface area contributed by atoms with Crippen molar-refractivity contribution in [3.63, 3.8) is 0 Å². The van der Waals surface area contributed by atoms with Gasteiger partial charge >= 0.3 is 0 Å². The predicted molar refractivity (Wildman–Crippen MR) is 74.6 cm³/mol. The van der Waals surface area contributed by atoms with E-state index in [-0.39, 0.29) is 17.3 Å². The van der Waals surface area contributed by atoms with E-state index < -0.39 is 9.84 Å². The minimum Gasteiger partial charge on any atom is -0.369 e. The van der Waals surface area contributed by atoms with Crippen LogP contribution < -0.4 is 10.2 Å². The first-order valence-corrected chi connectivity index (χ1v) is 8.28. The molecule has 19 heavy (non-hydrogen) atoms. The molecule has 0 atom stereocenters. The summed E-state index contributed by atoms with van der Waals surface area (Å²) >= 11 is 0. The Balaban J connectivity index is 2.13. The maximum absolute atomic E-state index is 13.6. The van der Waals surface area contributed by atoms with Gasteiger partial charge in [-0.3, -0.25) is 0 Å². The zero-order valence-electron chi connectivity index (χ0n) is 11.0. The van der Waals surface area contributed by atoms with Crippen LogP contribution in [-0.4, -0.2) is 39.6 Å². The predicted octanol–water partition coefficient (Wildman–Crippen LogP) is 1.17. The van der Waals surface area contributed by atoms with Gasteiger partial charge < -0.3 is 10.2 Å². The third kappa shape index (κ3) is 3.91. The summed E-state index contributed by atoms with van der Waals surface area (Å²) in [6.07, 6.45) is 0. The van der Waals surface area contributed by atoms with Gasteiger partial charge in [-0.15, -0.1) is 0 Å². The average Bonchev–Trinajstić information content (AvgIpc) is 2.35. The lowest BCUT2D eigenvalue weighted by atomic mass is 10.1. The molecule has 1 aromatic rings. The number of benzene rings is 1. The number of rotatable bonds is 4. The second-order valence-electron chi connectivity index (χ2n) is 4.74. The van der Waals surface area contributed by atoms with Gasteiger partial charge in [-0.1, -0.05) is 6.92 Å². The monoisotopic (exact) mass is 286 g/mol. The van der Waals surface area contributed by atoms with Gasteiger partial charge in [-0.2, -0.15) is 0 Å². The number of nitrogens with zero attached hydrogens (tertiary/aromatic N) is 1. The molecule has 1 N–H and O–H groups in total. The first-order valence-electron chi connectivity index (χ1n) is 6.46. The number of halogens is 1. The van der Waals surface area contributed by atoms with Gasteiger partial charge in [-0.05, 0) is 30.3 Å². The minimum absolute atomic E-state index is 0.145. The van der Waals surface area contributed by atoms with Crippen molar-refractivity contribution >= 4 is 15.5 Å². The SMILES string of the molecule is CCNCc1cc(F)cc(N2CCS(=O)(=O)CC2)c1. The summed E-state index contributed by atoms with van der Waals surface area (Å²) in [6, 6.07) is 4.89. The summed E-state index contributed by atoms with van der Waals surface area (Å²) in [5.74, 6) is 0.0109. The molecule has 0 saturated carbocycles. The summed E-state index contributed by atoms with van der Waals surface area (Å²) < 4.78 is 36.4. The summed E-state index contributed by atoms with van der Waals surface area (Å²) in [4.78, 5) is 1.93. The Morgan fingerprint density at radius 3 is 2.58 bits per heavy atom. The normalized spacial score (nSPS) is 18.5. The number of anilines is 1. The highest BCUT2D eigenvalue weighted by Crippen LogP contribution is 2.20. The van der Waals surface area contributed by atoms with Crippen LogP contribution in [0.5, 0.6) is 0 Å². The molecule has 0 aliphatic carbocycles. The second kappa shape index (κ2) is 5.88. The van der Waals surface area contributed by atoms with E-state index in [9.17, 15) is 12.8 Å². The minimum atomic E-state index is -2.91. The fraction of sp³-hybridized carbons (Fsp3) is 0.538. The summed E-state index contributed by atoms with van der Waals surface area (Å²) in [6.45, 7) is 4.32. The fourth-order valence-electron chi connectivity index (χ4n) is 2.16. The third-order valence-electron chi connectivity index (χ3n) is 3.23. The van der Waals surface area contributed by atoms with Gasteiger partial charge in [0.15, 0.2) is 9.84 Å². The maximum Gasteiger partial charge on any atom is 0.153 e. The molecule has 0 aromatic heterocycles. The quantitative estimate of drug-likeness (QED) is 0.903. The number of sulfone groups is 1. The van der Waals surface area contributed by atoms with Crippen molar-refractivity contribution in [1.29, 1.82) is 0 Å². The molecule has 1 fully saturated rings. The van der Waals surface area contributed by atoms with Crippen LogP contribution in [0.3, 0.4) is 0 Å². The van der Waals surface area contributed by atoms with Gasteiger partial charge in [0, 0.05) is 25.3 Å². The molecular formula is C13H19FN2O2S. The summed E-state index contributed by atoms with van der Waals surface area (Å²) in [5.41, 5.74) is 1.65. The fourth-order valence-corrected chi connectivity index (χ4v) is 3.36. The molecule has 0 bridgehead atoms. The van der Waals surface area contributed by atoms with Gasteiger partial charge in [0.1, 0.15) is 5.82 Å². The topological polar surface area (TPSA) is 49.4 Å². The van der Waals surface area contributed by atoms with Crippen LogP contribution in [0.2, 0.25) is 0 Å². The average molecular weight is 286 g/mol. The highest BCUT2D eigenvalue weighted by Gasteiger charge is 2.22. The molecule has 0 amide bonds. The van der Waals surface area contributed by atoms with Crippen molar-refractivity contribution in [2.24, 2.45) is 0 Å². The molecule has 1 aliphatic heterocycles. The number of hydrogen-bond donors (Lipinski definition) is 1. The van der Waals surface area contributed by atoms with E-state index in [0.717, 1.165) is 17.8 Å². The molecule has 0 unspecified atom stereocenters. The van der Waals surface area contributed by atoms with Gasteiger partial charge in [0.25, 0.3) is 0 Å². The Hall–Kier alpha value is -1.14. The Morgan fingerprint density at radius 1 is 1.26 bits per heavy atom. The zero-order chi connectivity index (χ0) is 13.9. The van der Waals surface area contributed by atoms with E-state index in [0.29, 0.717) is 19.6 Å². The highest BCUT2D eigenvalue weighted by atomic mass is 32.2. The Morgan fingerprint density at radius 2 is 1.95 bits per heavy atom. The van der Waals surface area contributed by atoms with Crippen molar-refractivity contribution in [1.82, 2.24) is 5.32 Å². The Bertz CT molecular complexity index is 532. The van der Waals surface area contributed by atoms with Crippen LogP contribution in [0.25, 0.3) is 0 Å². The van der Waals surface area contributed by atoms with E-state index in [1.807, 2.05) is 17.9 Å². The van der Waals surface area contributed by atoms with Crippen molar-refractivity contribution in [2.45, 2.75) is 13.5 Å². The molecule has 4 nitrogen and oxygen atoms in total. The maximum atomic E-state index is 13.6. The molecular weight excluding hydrogens is 267 g/mol. The molecule has 6 heteroatoms. The van der Waals surface area contributed by atoms with E-state index in [1.54, 1.807) is 0 Å². The standard InChI is InChI=1S/C13H19FN2O2S/c1-2-15-10-11-7-12(14)9-13(8-11)16-3-5-19(17,18)6-4-16/h7-9,15H,2-6,10H2,1H3. The van der Waals surface area contributed by atoms with Crippen LogP contribution in [0.15, 0.2) is 18.2 Å². The van der Waals surface area contributed by atoms with E-state index in [2.05, 4.69) is 5.32 Å². The molecule has 106 valence electrons. The lowest BCUT2D eigenvalue weighted by Crippen LogP contribution is -2.40. The Labute approximate surface area is 113 Å². The molecule has 1 aliphatic rings. The van der Waals surface area contributed by atoms with Gasteiger partial charge in [0.2, 0.25) is 0 Å². The first-order chi connectivity index (χ1) is 9.00. The van der Waals surface area contributed by atoms with Gasteiger partial charge in [0.05, 0.1) is 11.5 Å². The van der Waals surface area contributed by atoms with Crippen LogP contribution in [0, 0.1) is 5.82 Å². The Kier molecular flexibility index (Phi) is 4.42. The molecule has 1 heterocycles. The first kappa shape index (κ1) is 14.3. The van der Waals surface area contributed by atoms with Crippen molar-refractivity contribution in [3.05, 3.63) is 29.6 Å². The van der Waals surface area contributed by atoms with E-state index >= 15 is 0 Å². The smallest absolute Gasteiger partial charge is 0.153 e. The van der Waals surface area contributed by atoms with Crippen molar-refractivity contribution in [2.75, 3.05) is 36.0 Å². The summed E-state index contributed by atoms with van der Waals surface area (Å²) in [7, 11) is -2.91. The lowest BCUT2D eigenvalue weighted by molar-refractivity contribution is 0.586. The second-order valence-corrected chi connectivity index (χ2v) is 7.04. The van der Waals surface area contributed by atoms with Crippen molar-refractivity contribution in [3.8, 4) is 0 Å². The molecule has 1 aromatic carbocycles. The van der Waals surface area contributed by atoms with Crippen molar-refractivity contribution < 1.29 is 12.8 Å². The number of hydrogen-bond acceptors (Lipinski definition) is 4. The lowest BCUT2D eigenvalue weighted by Gasteiger charge is -2.29. The van der Waals surface area contributed by atoms with Crippen LogP contribution >= 0.6 is 0 Å². The van der Waals surface area contributed by atoms with E-state index in [4.69, 9.17) is 0 Å². The molecule has 2 rings (SSSR count). The molecule has 1 saturated heterocycles. The zero-order valence-corrected chi connectivity index (χ0v) is 11.8. The van der Waals surface area contributed by atoms with Crippen LogP contribution in [-0.2, 0) is 16.4 Å². The number of nitrogens with one attached hydrogen (secondary N) is 1. The largest absolute Gasteiger partial charge is 0.369 e.